The summed E-state index contributed by atoms with van der Waals surface area (Å²) in [5.74, 6) is 0.520. The maximum Gasteiger partial charge on any atom is 0.416 e. The zero-order valence-corrected chi connectivity index (χ0v) is 12.3. The molecule has 1 heterocycles. The van der Waals surface area contributed by atoms with E-state index >= 15 is 0 Å². The van der Waals surface area contributed by atoms with Gasteiger partial charge in [-0.15, -0.1) is 11.3 Å². The standard InChI is InChI=1S/C14H13F3N2O2S/c1-2-21-11-6-7-22-12(11)19-13(20)18-10-5-3-4-9(8-10)14(15,16)17/h3-8H,2H2,1H3,(H2,18,19,20). The predicted octanol–water partition coefficient (Wildman–Crippen LogP) is 4.81. The van der Waals surface area contributed by atoms with Gasteiger partial charge in [-0.05, 0) is 36.6 Å². The number of hydrogen-bond acceptors (Lipinski definition) is 3. The summed E-state index contributed by atoms with van der Waals surface area (Å²) in [4.78, 5) is 11.8. The minimum Gasteiger partial charge on any atom is -0.491 e. The van der Waals surface area contributed by atoms with E-state index in [9.17, 15) is 18.0 Å². The van der Waals surface area contributed by atoms with E-state index in [1.807, 2.05) is 6.92 Å². The predicted molar refractivity (Wildman–Crippen MR) is 79.6 cm³/mol. The molecule has 1 aromatic heterocycles. The summed E-state index contributed by atoms with van der Waals surface area (Å²) in [6.07, 6.45) is -4.45. The Kier molecular flexibility index (Phi) is 4.92. The van der Waals surface area contributed by atoms with E-state index in [4.69, 9.17) is 4.74 Å². The molecule has 4 nitrogen and oxygen atoms in total. The molecule has 1 aromatic carbocycles. The number of anilines is 2. The highest BCUT2D eigenvalue weighted by Gasteiger charge is 2.30. The first-order valence-electron chi connectivity index (χ1n) is 6.35. The van der Waals surface area contributed by atoms with E-state index in [0.29, 0.717) is 17.4 Å². The molecule has 0 aliphatic carbocycles. The van der Waals surface area contributed by atoms with Crippen molar-refractivity contribution in [2.24, 2.45) is 0 Å². The molecular weight excluding hydrogens is 317 g/mol. The first-order valence-corrected chi connectivity index (χ1v) is 7.23. The lowest BCUT2D eigenvalue weighted by atomic mass is 10.2. The van der Waals surface area contributed by atoms with Crippen molar-refractivity contribution in [2.45, 2.75) is 13.1 Å². The van der Waals surface area contributed by atoms with E-state index in [-0.39, 0.29) is 5.69 Å². The van der Waals surface area contributed by atoms with Crippen LogP contribution in [-0.2, 0) is 6.18 Å². The molecule has 0 aliphatic heterocycles. The van der Waals surface area contributed by atoms with Crippen molar-refractivity contribution < 1.29 is 22.7 Å². The molecule has 0 spiro atoms. The van der Waals surface area contributed by atoms with Crippen LogP contribution < -0.4 is 15.4 Å². The number of nitrogens with one attached hydrogen (secondary N) is 2. The van der Waals surface area contributed by atoms with Crippen molar-refractivity contribution in [3.05, 3.63) is 41.3 Å². The number of thiophene rings is 1. The number of carbonyl (C=O) groups excluding carboxylic acids is 1. The summed E-state index contributed by atoms with van der Waals surface area (Å²) in [5.41, 5.74) is -0.765. The van der Waals surface area contributed by atoms with Crippen molar-refractivity contribution >= 4 is 28.1 Å². The molecule has 0 saturated carbocycles. The van der Waals surface area contributed by atoms with E-state index in [1.54, 1.807) is 11.4 Å². The van der Waals surface area contributed by atoms with Gasteiger partial charge in [0.2, 0.25) is 0 Å². The second-order valence-electron chi connectivity index (χ2n) is 4.20. The molecule has 22 heavy (non-hydrogen) atoms. The van der Waals surface area contributed by atoms with E-state index in [2.05, 4.69) is 10.6 Å². The first kappa shape index (κ1) is 16.2. The molecule has 0 aliphatic rings. The minimum absolute atomic E-state index is 0.0573. The lowest BCUT2D eigenvalue weighted by Crippen LogP contribution is -2.19. The van der Waals surface area contributed by atoms with E-state index in [1.165, 1.54) is 23.5 Å². The van der Waals surface area contributed by atoms with Gasteiger partial charge in [-0.3, -0.25) is 5.32 Å². The fourth-order valence-electron chi connectivity index (χ4n) is 1.70. The summed E-state index contributed by atoms with van der Waals surface area (Å²) in [6.45, 7) is 2.25. The van der Waals surface area contributed by atoms with Gasteiger partial charge in [-0.1, -0.05) is 6.07 Å². The number of hydrogen-bond donors (Lipinski definition) is 2. The Morgan fingerprint density at radius 3 is 2.73 bits per heavy atom. The third-order valence-corrected chi connectivity index (χ3v) is 3.41. The molecular formula is C14H13F3N2O2S. The molecule has 0 unspecified atom stereocenters. The smallest absolute Gasteiger partial charge is 0.416 e. The van der Waals surface area contributed by atoms with Crippen molar-refractivity contribution in [1.82, 2.24) is 0 Å². The number of rotatable bonds is 4. The van der Waals surface area contributed by atoms with Crippen molar-refractivity contribution in [3.8, 4) is 5.75 Å². The molecule has 0 fully saturated rings. The second-order valence-corrected chi connectivity index (χ2v) is 5.12. The quantitative estimate of drug-likeness (QED) is 0.845. The van der Waals surface area contributed by atoms with Gasteiger partial charge < -0.3 is 10.1 Å². The van der Waals surface area contributed by atoms with Crippen LogP contribution in [0.15, 0.2) is 35.7 Å². The van der Waals surface area contributed by atoms with Crippen LogP contribution in [0, 0.1) is 0 Å². The fourth-order valence-corrected chi connectivity index (χ4v) is 2.42. The Balaban J connectivity index is 2.04. The Morgan fingerprint density at radius 1 is 1.27 bits per heavy atom. The van der Waals surface area contributed by atoms with Gasteiger partial charge in [0, 0.05) is 5.69 Å². The van der Waals surface area contributed by atoms with Gasteiger partial charge in [0.05, 0.1) is 12.2 Å². The van der Waals surface area contributed by atoms with Gasteiger partial charge in [-0.25, -0.2) is 4.79 Å². The lowest BCUT2D eigenvalue weighted by molar-refractivity contribution is -0.137. The average Bonchev–Trinajstić information content (AvgIpc) is 2.86. The Hall–Kier alpha value is -2.22. The summed E-state index contributed by atoms with van der Waals surface area (Å²) >= 11 is 1.26. The number of alkyl halides is 3. The van der Waals surface area contributed by atoms with Crippen LogP contribution in [0.4, 0.5) is 28.7 Å². The summed E-state index contributed by atoms with van der Waals surface area (Å²) in [7, 11) is 0. The lowest BCUT2D eigenvalue weighted by Gasteiger charge is -2.11. The van der Waals surface area contributed by atoms with Crippen LogP contribution in [0.3, 0.4) is 0 Å². The van der Waals surface area contributed by atoms with Crippen LogP contribution in [-0.4, -0.2) is 12.6 Å². The number of benzene rings is 1. The van der Waals surface area contributed by atoms with Crippen LogP contribution in [0.5, 0.6) is 5.75 Å². The first-order chi connectivity index (χ1) is 10.4. The Bertz CT molecular complexity index is 656. The van der Waals surface area contributed by atoms with Crippen molar-refractivity contribution in [1.29, 1.82) is 0 Å². The maximum atomic E-state index is 12.6. The molecule has 0 saturated heterocycles. The summed E-state index contributed by atoms with van der Waals surface area (Å²) in [6, 6.07) is 5.49. The molecule has 8 heteroatoms. The van der Waals surface area contributed by atoms with Crippen LogP contribution in [0.1, 0.15) is 12.5 Å². The van der Waals surface area contributed by atoms with Gasteiger partial charge in [0.1, 0.15) is 5.00 Å². The largest absolute Gasteiger partial charge is 0.491 e. The normalized spacial score (nSPS) is 11.1. The molecule has 0 atom stereocenters. The minimum atomic E-state index is -4.45. The molecule has 2 N–H and O–H groups in total. The number of amides is 2. The molecule has 0 radical (unpaired) electrons. The van der Waals surface area contributed by atoms with Gasteiger partial charge >= 0.3 is 12.2 Å². The Morgan fingerprint density at radius 2 is 2.05 bits per heavy atom. The molecule has 2 amide bonds. The molecule has 118 valence electrons. The topological polar surface area (TPSA) is 50.4 Å². The van der Waals surface area contributed by atoms with Gasteiger partial charge in [-0.2, -0.15) is 13.2 Å². The Labute approximate surface area is 128 Å². The highest BCUT2D eigenvalue weighted by atomic mass is 32.1. The summed E-state index contributed by atoms with van der Waals surface area (Å²) < 4.78 is 43.1. The molecule has 2 rings (SSSR count). The fraction of sp³-hybridized carbons (Fsp3) is 0.214. The van der Waals surface area contributed by atoms with Gasteiger partial charge in [0.15, 0.2) is 5.75 Å². The average molecular weight is 330 g/mol. The number of ether oxygens (including phenoxy) is 1. The van der Waals surface area contributed by atoms with Crippen LogP contribution in [0.25, 0.3) is 0 Å². The van der Waals surface area contributed by atoms with Crippen molar-refractivity contribution in [2.75, 3.05) is 17.2 Å². The number of carbonyl (C=O) groups is 1. The third kappa shape index (κ3) is 4.14. The SMILES string of the molecule is CCOc1ccsc1NC(=O)Nc1cccc(C(F)(F)F)c1. The van der Waals surface area contributed by atoms with E-state index in [0.717, 1.165) is 12.1 Å². The molecule has 2 aromatic rings. The van der Waals surface area contributed by atoms with E-state index < -0.39 is 17.8 Å². The highest BCUT2D eigenvalue weighted by molar-refractivity contribution is 7.14. The highest BCUT2D eigenvalue weighted by Crippen LogP contribution is 2.32. The van der Waals surface area contributed by atoms with Gasteiger partial charge in [0.25, 0.3) is 0 Å². The van der Waals surface area contributed by atoms with Crippen LogP contribution >= 0.6 is 11.3 Å². The monoisotopic (exact) mass is 330 g/mol. The molecule has 0 bridgehead atoms. The summed E-state index contributed by atoms with van der Waals surface area (Å²) in [5, 5.41) is 7.14. The van der Waals surface area contributed by atoms with Crippen molar-refractivity contribution in [3.63, 3.8) is 0 Å². The zero-order chi connectivity index (χ0) is 16.2. The second kappa shape index (κ2) is 6.69. The maximum absolute atomic E-state index is 12.6. The number of urea groups is 1. The zero-order valence-electron chi connectivity index (χ0n) is 11.5. The number of halogens is 3. The van der Waals surface area contributed by atoms with Crippen LogP contribution in [0.2, 0.25) is 0 Å². The third-order valence-electron chi connectivity index (χ3n) is 2.60.